The lowest BCUT2D eigenvalue weighted by Crippen LogP contribution is -1.76. The Labute approximate surface area is 88.4 Å². The van der Waals surface area contributed by atoms with Gasteiger partial charge in [0, 0.05) is 6.20 Å². The second-order valence-electron chi connectivity index (χ2n) is 3.23. The first-order chi connectivity index (χ1) is 6.90. The first-order valence-corrected chi connectivity index (χ1v) is 5.72. The number of aryl methyl sites for hydroxylation is 1. The van der Waals surface area contributed by atoms with Crippen LogP contribution in [0.4, 0.5) is 0 Å². The minimum atomic E-state index is 1.09. The van der Waals surface area contributed by atoms with Gasteiger partial charge in [-0.2, -0.15) is 0 Å². The lowest BCUT2D eigenvalue weighted by molar-refractivity contribution is 0.909. The molecule has 0 amide bonds. The molecule has 0 N–H and O–H groups in total. The summed E-state index contributed by atoms with van der Waals surface area (Å²) in [6, 6.07) is 10.4. The highest BCUT2D eigenvalue weighted by Crippen LogP contribution is 2.26. The minimum absolute atomic E-state index is 1.09. The van der Waals surface area contributed by atoms with Crippen LogP contribution < -0.4 is 0 Å². The van der Waals surface area contributed by atoms with Crippen molar-refractivity contribution in [2.75, 3.05) is 0 Å². The Hall–Kier alpha value is -1.15. The SMILES string of the molecule is CCCc1ncc(-c2ccccc2)s1. The van der Waals surface area contributed by atoms with E-state index >= 15 is 0 Å². The van der Waals surface area contributed by atoms with Gasteiger partial charge in [0.05, 0.1) is 9.88 Å². The van der Waals surface area contributed by atoms with Crippen LogP contribution in [0.15, 0.2) is 36.5 Å². The van der Waals surface area contributed by atoms with E-state index in [1.807, 2.05) is 12.3 Å². The van der Waals surface area contributed by atoms with Gasteiger partial charge in [0.15, 0.2) is 0 Å². The Balaban J connectivity index is 2.25. The molecule has 2 heteroatoms. The Morgan fingerprint density at radius 1 is 1.21 bits per heavy atom. The zero-order valence-corrected chi connectivity index (χ0v) is 9.05. The third-order valence-electron chi connectivity index (χ3n) is 2.08. The third-order valence-corrected chi connectivity index (χ3v) is 3.18. The fraction of sp³-hybridized carbons (Fsp3) is 0.250. The molecule has 1 aromatic carbocycles. The van der Waals surface area contributed by atoms with Gasteiger partial charge in [-0.3, -0.25) is 0 Å². The van der Waals surface area contributed by atoms with E-state index in [1.54, 1.807) is 11.3 Å². The highest BCUT2D eigenvalue weighted by Gasteiger charge is 2.02. The molecule has 2 rings (SSSR count). The number of hydrogen-bond donors (Lipinski definition) is 0. The summed E-state index contributed by atoms with van der Waals surface area (Å²) >= 11 is 1.80. The molecule has 0 aliphatic heterocycles. The summed E-state index contributed by atoms with van der Waals surface area (Å²) in [4.78, 5) is 5.67. The summed E-state index contributed by atoms with van der Waals surface area (Å²) < 4.78 is 0. The molecule has 1 nitrogen and oxygen atoms in total. The molecular weight excluding hydrogens is 190 g/mol. The molecule has 0 spiro atoms. The molecule has 2 aromatic rings. The van der Waals surface area contributed by atoms with Crippen LogP contribution in [0.1, 0.15) is 18.4 Å². The summed E-state index contributed by atoms with van der Waals surface area (Å²) in [6.07, 6.45) is 4.24. The molecule has 0 bridgehead atoms. The summed E-state index contributed by atoms with van der Waals surface area (Å²) in [5.74, 6) is 0. The van der Waals surface area contributed by atoms with Crippen molar-refractivity contribution in [1.82, 2.24) is 4.98 Å². The van der Waals surface area contributed by atoms with E-state index in [4.69, 9.17) is 0 Å². The van der Waals surface area contributed by atoms with Crippen molar-refractivity contribution in [1.29, 1.82) is 0 Å². The smallest absolute Gasteiger partial charge is 0.0931 e. The van der Waals surface area contributed by atoms with Gasteiger partial charge in [-0.25, -0.2) is 4.98 Å². The van der Waals surface area contributed by atoms with Gasteiger partial charge in [-0.1, -0.05) is 37.3 Å². The molecule has 1 heterocycles. The van der Waals surface area contributed by atoms with Crippen molar-refractivity contribution in [3.63, 3.8) is 0 Å². The molecule has 0 saturated carbocycles. The van der Waals surface area contributed by atoms with Gasteiger partial charge in [-0.05, 0) is 18.4 Å². The van der Waals surface area contributed by atoms with Crippen molar-refractivity contribution >= 4 is 11.3 Å². The Bertz CT molecular complexity index is 392. The molecule has 0 unspecified atom stereocenters. The molecule has 0 aliphatic carbocycles. The summed E-state index contributed by atoms with van der Waals surface area (Å²) in [5.41, 5.74) is 1.27. The van der Waals surface area contributed by atoms with E-state index in [2.05, 4.69) is 36.2 Å². The highest BCUT2D eigenvalue weighted by molar-refractivity contribution is 7.15. The normalized spacial score (nSPS) is 10.4. The molecule has 0 saturated heterocycles. The summed E-state index contributed by atoms with van der Waals surface area (Å²) in [6.45, 7) is 2.18. The minimum Gasteiger partial charge on any atom is -0.249 e. The summed E-state index contributed by atoms with van der Waals surface area (Å²) in [5, 5.41) is 1.24. The molecule has 0 aliphatic rings. The molecule has 0 atom stereocenters. The van der Waals surface area contributed by atoms with Crippen molar-refractivity contribution in [3.8, 4) is 10.4 Å². The molecule has 0 radical (unpaired) electrons. The maximum absolute atomic E-state index is 4.40. The lowest BCUT2D eigenvalue weighted by Gasteiger charge is -1.93. The van der Waals surface area contributed by atoms with Gasteiger partial charge in [0.25, 0.3) is 0 Å². The maximum Gasteiger partial charge on any atom is 0.0931 e. The first-order valence-electron chi connectivity index (χ1n) is 4.90. The average Bonchev–Trinajstić information content (AvgIpc) is 2.68. The molecule has 0 fully saturated rings. The Morgan fingerprint density at radius 3 is 2.71 bits per heavy atom. The lowest BCUT2D eigenvalue weighted by atomic mass is 10.2. The predicted octanol–water partition coefficient (Wildman–Crippen LogP) is 3.76. The second kappa shape index (κ2) is 4.38. The highest BCUT2D eigenvalue weighted by atomic mass is 32.1. The van der Waals surface area contributed by atoms with Crippen molar-refractivity contribution in [2.45, 2.75) is 19.8 Å². The van der Waals surface area contributed by atoms with Crippen LogP contribution in [0.5, 0.6) is 0 Å². The number of hydrogen-bond acceptors (Lipinski definition) is 2. The van der Waals surface area contributed by atoms with Crippen LogP contribution in [-0.2, 0) is 6.42 Å². The first kappa shape index (κ1) is 9.41. The third kappa shape index (κ3) is 2.02. The molecule has 72 valence electrons. The van der Waals surface area contributed by atoms with E-state index in [-0.39, 0.29) is 0 Å². The van der Waals surface area contributed by atoms with E-state index < -0.39 is 0 Å². The fourth-order valence-corrected chi connectivity index (χ4v) is 2.40. The number of rotatable bonds is 3. The average molecular weight is 203 g/mol. The van der Waals surface area contributed by atoms with Gasteiger partial charge in [0.2, 0.25) is 0 Å². The zero-order chi connectivity index (χ0) is 9.80. The topological polar surface area (TPSA) is 12.9 Å². The quantitative estimate of drug-likeness (QED) is 0.740. The van der Waals surface area contributed by atoms with Crippen molar-refractivity contribution < 1.29 is 0 Å². The fourth-order valence-electron chi connectivity index (χ4n) is 1.38. The largest absolute Gasteiger partial charge is 0.249 e. The van der Waals surface area contributed by atoms with Gasteiger partial charge in [0.1, 0.15) is 0 Å². The van der Waals surface area contributed by atoms with Gasteiger partial charge in [-0.15, -0.1) is 11.3 Å². The number of nitrogens with zero attached hydrogens (tertiary/aromatic N) is 1. The maximum atomic E-state index is 4.40. The number of aromatic nitrogens is 1. The van der Waals surface area contributed by atoms with E-state index in [9.17, 15) is 0 Å². The zero-order valence-electron chi connectivity index (χ0n) is 8.23. The second-order valence-corrected chi connectivity index (χ2v) is 4.35. The Morgan fingerprint density at radius 2 is 2.00 bits per heavy atom. The van der Waals surface area contributed by atoms with Gasteiger partial charge < -0.3 is 0 Å². The molecule has 1 aromatic heterocycles. The Kier molecular flexibility index (Phi) is 2.94. The summed E-state index contributed by atoms with van der Waals surface area (Å²) in [7, 11) is 0. The van der Waals surface area contributed by atoms with Crippen LogP contribution >= 0.6 is 11.3 Å². The van der Waals surface area contributed by atoms with Crippen molar-refractivity contribution in [3.05, 3.63) is 41.5 Å². The van der Waals surface area contributed by atoms with Crippen LogP contribution in [0, 0.1) is 0 Å². The van der Waals surface area contributed by atoms with Crippen LogP contribution in [-0.4, -0.2) is 4.98 Å². The molecular formula is C12H13NS. The molecule has 14 heavy (non-hydrogen) atoms. The standard InChI is InChI=1S/C12H13NS/c1-2-6-12-13-9-11(14-12)10-7-4-3-5-8-10/h3-5,7-9H,2,6H2,1H3. The van der Waals surface area contributed by atoms with E-state index in [1.165, 1.54) is 21.9 Å². The van der Waals surface area contributed by atoms with E-state index in [0.717, 1.165) is 6.42 Å². The van der Waals surface area contributed by atoms with Gasteiger partial charge >= 0.3 is 0 Å². The monoisotopic (exact) mass is 203 g/mol. The van der Waals surface area contributed by atoms with Crippen LogP contribution in [0.25, 0.3) is 10.4 Å². The van der Waals surface area contributed by atoms with E-state index in [0.29, 0.717) is 0 Å². The van der Waals surface area contributed by atoms with Crippen molar-refractivity contribution in [2.24, 2.45) is 0 Å². The van der Waals surface area contributed by atoms with Crippen LogP contribution in [0.3, 0.4) is 0 Å². The number of thiazole rings is 1. The van der Waals surface area contributed by atoms with Crippen LogP contribution in [0.2, 0.25) is 0 Å². The predicted molar refractivity (Wildman–Crippen MR) is 61.5 cm³/mol. The number of benzene rings is 1.